The van der Waals surface area contributed by atoms with Crippen LogP contribution in [0.1, 0.15) is 66.7 Å². The summed E-state index contributed by atoms with van der Waals surface area (Å²) in [5.74, 6) is -2.28. The van der Waals surface area contributed by atoms with Crippen LogP contribution in [0.5, 0.6) is 5.75 Å². The van der Waals surface area contributed by atoms with Gasteiger partial charge in [0, 0.05) is 87.6 Å². The van der Waals surface area contributed by atoms with Crippen LogP contribution in [0, 0.1) is 18.6 Å². The molecule has 3 aromatic carbocycles. The highest BCUT2D eigenvalue weighted by Crippen LogP contribution is 2.59. The second kappa shape index (κ2) is 17.1. The zero-order valence-corrected chi connectivity index (χ0v) is 37.2. The second-order valence-corrected chi connectivity index (χ2v) is 19.9. The SMILES string of the molecule is COc1cc(N2CCC(N3CCN(CCc4cc(F)c(C5CCC(=O)NC5=O)c(F)c4)CC3)CC2)c(C)cc1Nc1ncc(Cl)c(Nc2cccc3c2N(S(C)(=O)=O)CC32CC2)n1. The molecule has 0 radical (unpaired) electrons. The number of carbonyl (C=O) groups excluding carboxylic acids is 2. The van der Waals surface area contributed by atoms with Gasteiger partial charge in [-0.05, 0) is 86.4 Å². The number of aryl methyl sites for hydroxylation is 1. The predicted molar refractivity (Wildman–Crippen MR) is 239 cm³/mol. The highest BCUT2D eigenvalue weighted by atomic mass is 35.5. The van der Waals surface area contributed by atoms with Gasteiger partial charge in [-0.3, -0.25) is 24.1 Å². The van der Waals surface area contributed by atoms with E-state index in [1.165, 1.54) is 28.9 Å². The Labute approximate surface area is 371 Å². The lowest BCUT2D eigenvalue weighted by atomic mass is 9.89. The number of nitrogens with one attached hydrogen (secondary N) is 3. The molecule has 1 spiro atoms. The van der Waals surface area contributed by atoms with Crippen molar-refractivity contribution in [2.75, 3.05) is 85.6 Å². The first kappa shape index (κ1) is 43.2. The van der Waals surface area contributed by atoms with E-state index >= 15 is 8.78 Å². The van der Waals surface area contributed by atoms with Crippen molar-refractivity contribution < 1.29 is 31.5 Å². The lowest BCUT2D eigenvalue weighted by Crippen LogP contribution is -2.53. The third-order valence-electron chi connectivity index (χ3n) is 13.5. The molecule has 1 unspecified atom stereocenters. The van der Waals surface area contributed by atoms with E-state index in [0.717, 1.165) is 81.8 Å². The molecule has 0 bridgehead atoms. The molecule has 334 valence electrons. The number of piperazine rings is 1. The van der Waals surface area contributed by atoms with Gasteiger partial charge in [0.15, 0.2) is 5.82 Å². The first-order valence-electron chi connectivity index (χ1n) is 21.6. The Hall–Kier alpha value is -5.10. The minimum Gasteiger partial charge on any atom is -0.494 e. The van der Waals surface area contributed by atoms with Gasteiger partial charge in [-0.1, -0.05) is 23.7 Å². The van der Waals surface area contributed by atoms with E-state index in [-0.39, 0.29) is 28.8 Å². The summed E-state index contributed by atoms with van der Waals surface area (Å²) in [6.45, 7) is 8.56. The van der Waals surface area contributed by atoms with E-state index in [1.807, 2.05) is 30.3 Å². The number of hydrogen-bond donors (Lipinski definition) is 3. The van der Waals surface area contributed by atoms with Crippen LogP contribution in [0.25, 0.3) is 0 Å². The fourth-order valence-electron chi connectivity index (χ4n) is 9.88. The fourth-order valence-corrected chi connectivity index (χ4v) is 11.0. The fraction of sp³-hybridized carbons (Fsp3) is 0.467. The van der Waals surface area contributed by atoms with E-state index in [4.69, 9.17) is 21.3 Å². The Morgan fingerprint density at radius 3 is 2.37 bits per heavy atom. The number of hydrogen-bond acceptors (Lipinski definition) is 12. The molecule has 3 saturated heterocycles. The number of rotatable bonds is 12. The Morgan fingerprint density at radius 1 is 0.968 bits per heavy atom. The summed E-state index contributed by atoms with van der Waals surface area (Å²) >= 11 is 6.60. The average molecular weight is 904 g/mol. The van der Waals surface area contributed by atoms with Gasteiger partial charge in [0.1, 0.15) is 22.4 Å². The number of piperidine rings is 2. The largest absolute Gasteiger partial charge is 0.494 e. The van der Waals surface area contributed by atoms with Crippen LogP contribution in [0.2, 0.25) is 5.02 Å². The molecule has 1 aromatic heterocycles. The van der Waals surface area contributed by atoms with Gasteiger partial charge in [-0.2, -0.15) is 4.98 Å². The Morgan fingerprint density at radius 2 is 1.70 bits per heavy atom. The average Bonchev–Trinajstić information content (AvgIpc) is 3.96. The number of halogens is 3. The monoisotopic (exact) mass is 903 g/mol. The summed E-state index contributed by atoms with van der Waals surface area (Å²) in [6.07, 6.45) is 7.33. The molecule has 14 nitrogen and oxygen atoms in total. The third-order valence-corrected chi connectivity index (χ3v) is 14.9. The standard InChI is InChI=1S/C45H52ClF2N9O5S/c1-27-21-36(51-44-49-25-32(46)42(53-44)50-35-6-4-5-31-41(35)57(63(3,60)61)26-45(31)12-13-45)38(62-2)24-37(27)56-15-10-29(11-16-56)55-19-17-54(18-20-55)14-9-28-22-33(47)40(34(48)23-28)30-7-8-39(58)52-43(30)59/h4-6,21-25,29-30H,7-20,26H2,1-3H3,(H,52,58,59)(H2,49,50,51,53). The number of amides is 2. The number of aromatic nitrogens is 2. The number of para-hydroxylation sites is 1. The normalized spacial score (nSPS) is 20.5. The van der Waals surface area contributed by atoms with Crippen molar-refractivity contribution in [2.24, 2.45) is 0 Å². The minimum atomic E-state index is -3.51. The van der Waals surface area contributed by atoms with Gasteiger partial charge in [-0.25, -0.2) is 22.2 Å². The van der Waals surface area contributed by atoms with Crippen LogP contribution in [0.4, 0.5) is 43.3 Å². The first-order chi connectivity index (χ1) is 30.2. The molecule has 5 aliphatic rings. The zero-order valence-electron chi connectivity index (χ0n) is 35.6. The van der Waals surface area contributed by atoms with Crippen LogP contribution in [0.3, 0.4) is 0 Å². The van der Waals surface area contributed by atoms with Crippen molar-refractivity contribution >= 4 is 68.0 Å². The molecule has 4 aromatic rings. The highest BCUT2D eigenvalue weighted by molar-refractivity contribution is 7.92. The summed E-state index contributed by atoms with van der Waals surface area (Å²) in [5, 5.41) is 9.09. The molecule has 1 atom stereocenters. The summed E-state index contributed by atoms with van der Waals surface area (Å²) in [6, 6.07) is 13.0. The van der Waals surface area contributed by atoms with Gasteiger partial charge >= 0.3 is 0 Å². The van der Waals surface area contributed by atoms with E-state index in [2.05, 4.69) is 42.6 Å². The number of benzene rings is 3. The predicted octanol–water partition coefficient (Wildman–Crippen LogP) is 6.37. The molecular formula is C45H52ClF2N9O5S. The van der Waals surface area contributed by atoms with Gasteiger partial charge in [0.25, 0.3) is 0 Å². The van der Waals surface area contributed by atoms with Gasteiger partial charge in [0.2, 0.25) is 27.8 Å². The number of nitrogens with zero attached hydrogens (tertiary/aromatic N) is 6. The van der Waals surface area contributed by atoms with Gasteiger partial charge in [0.05, 0.1) is 42.5 Å². The van der Waals surface area contributed by atoms with Crippen molar-refractivity contribution in [1.29, 1.82) is 0 Å². The molecule has 4 aliphatic heterocycles. The smallest absolute Gasteiger partial charge is 0.234 e. The van der Waals surface area contributed by atoms with Crippen molar-refractivity contribution in [3.63, 3.8) is 0 Å². The third kappa shape index (κ3) is 8.76. The maximum absolute atomic E-state index is 15.1. The van der Waals surface area contributed by atoms with E-state index in [1.54, 1.807) is 7.11 Å². The Kier molecular flexibility index (Phi) is 11.7. The Balaban J connectivity index is 0.789. The maximum atomic E-state index is 15.1. The molecule has 1 aliphatic carbocycles. The lowest BCUT2D eigenvalue weighted by molar-refractivity contribution is -0.134. The quantitative estimate of drug-likeness (QED) is 0.136. The highest BCUT2D eigenvalue weighted by Gasteiger charge is 2.54. The number of carbonyl (C=O) groups is 2. The lowest BCUT2D eigenvalue weighted by Gasteiger charge is -2.43. The van der Waals surface area contributed by atoms with E-state index in [0.29, 0.717) is 65.7 Å². The summed E-state index contributed by atoms with van der Waals surface area (Å²) in [5.41, 5.74) is 5.29. The van der Waals surface area contributed by atoms with E-state index < -0.39 is 39.4 Å². The minimum absolute atomic E-state index is 0.0601. The number of anilines is 6. The number of ether oxygens (including phenoxy) is 1. The molecule has 9 rings (SSSR count). The molecule has 18 heteroatoms. The Bertz CT molecular complexity index is 2540. The van der Waals surface area contributed by atoms with Gasteiger partial charge < -0.3 is 25.2 Å². The topological polar surface area (TPSA) is 152 Å². The van der Waals surface area contributed by atoms with Crippen molar-refractivity contribution in [2.45, 2.75) is 69.2 Å². The molecule has 63 heavy (non-hydrogen) atoms. The van der Waals surface area contributed by atoms with Gasteiger partial charge in [-0.15, -0.1) is 0 Å². The number of fused-ring (bicyclic) bond motifs is 2. The van der Waals surface area contributed by atoms with Crippen LogP contribution in [-0.2, 0) is 31.4 Å². The van der Waals surface area contributed by atoms with Crippen LogP contribution >= 0.6 is 11.6 Å². The second-order valence-electron chi connectivity index (χ2n) is 17.6. The van der Waals surface area contributed by atoms with Crippen molar-refractivity contribution in [3.05, 3.63) is 87.6 Å². The van der Waals surface area contributed by atoms with Crippen molar-refractivity contribution in [1.82, 2.24) is 25.1 Å². The zero-order chi connectivity index (χ0) is 44.2. The number of sulfonamides is 1. The molecular weight excluding hydrogens is 852 g/mol. The van der Waals surface area contributed by atoms with Crippen LogP contribution in [-0.4, -0.2) is 112 Å². The molecule has 2 amide bonds. The maximum Gasteiger partial charge on any atom is 0.234 e. The number of methoxy groups -OCH3 is 1. The van der Waals surface area contributed by atoms with Crippen LogP contribution in [0.15, 0.2) is 48.7 Å². The summed E-state index contributed by atoms with van der Waals surface area (Å²) < 4.78 is 63.2. The summed E-state index contributed by atoms with van der Waals surface area (Å²) in [7, 11) is -1.87. The number of imide groups is 1. The first-order valence-corrected chi connectivity index (χ1v) is 23.8. The molecule has 3 N–H and O–H groups in total. The van der Waals surface area contributed by atoms with Crippen LogP contribution < -0.4 is 29.9 Å². The van der Waals surface area contributed by atoms with Crippen molar-refractivity contribution in [3.8, 4) is 5.75 Å². The van der Waals surface area contributed by atoms with E-state index in [9.17, 15) is 18.0 Å². The summed E-state index contributed by atoms with van der Waals surface area (Å²) in [4.78, 5) is 40.2. The molecule has 1 saturated carbocycles. The molecule has 5 heterocycles. The molecule has 4 fully saturated rings.